The van der Waals surface area contributed by atoms with Crippen LogP contribution in [0.2, 0.25) is 0 Å². The number of fused-ring (bicyclic) bond motifs is 2. The van der Waals surface area contributed by atoms with Gasteiger partial charge in [-0.05, 0) is 60.2 Å². The van der Waals surface area contributed by atoms with E-state index in [0.717, 1.165) is 32.3 Å². The minimum Gasteiger partial charge on any atom is -0.435 e. The highest BCUT2D eigenvalue weighted by atomic mass is 79.9. The Bertz CT molecular complexity index is 1320. The number of anilines is 3. The quantitative estimate of drug-likeness (QED) is 0.335. The van der Waals surface area contributed by atoms with Gasteiger partial charge >= 0.3 is 12.6 Å². The highest BCUT2D eigenvalue weighted by Crippen LogP contribution is 2.39. The molecule has 0 N–H and O–H groups in total. The molecular formula is C23H17BrF2N4O2. The lowest BCUT2D eigenvalue weighted by Gasteiger charge is -2.37. The first-order chi connectivity index (χ1) is 15.4. The Morgan fingerprint density at radius 1 is 1.03 bits per heavy atom. The van der Waals surface area contributed by atoms with Crippen LogP contribution in [0.15, 0.2) is 71.3 Å². The van der Waals surface area contributed by atoms with E-state index in [0.29, 0.717) is 12.2 Å². The van der Waals surface area contributed by atoms with Crippen molar-refractivity contribution in [2.75, 3.05) is 9.80 Å². The predicted molar refractivity (Wildman–Crippen MR) is 122 cm³/mol. The second-order valence-electron chi connectivity index (χ2n) is 7.40. The maximum Gasteiger partial charge on any atom is 0.387 e. The number of ether oxygens (including phenoxy) is 1. The fraction of sp³-hybridized carbons (Fsp3) is 0.130. The minimum absolute atomic E-state index is 0.0292. The summed E-state index contributed by atoms with van der Waals surface area (Å²) in [6.45, 7) is -2.51. The van der Waals surface area contributed by atoms with Crippen LogP contribution < -0.4 is 14.5 Å². The van der Waals surface area contributed by atoms with Crippen LogP contribution in [0.25, 0.3) is 10.9 Å². The lowest BCUT2D eigenvalue weighted by Crippen LogP contribution is -2.45. The SMILES string of the molecule is Cn1cc2cc(N3Cc4ccc(Br)cc4N(c4ccc(OC(F)F)cc4)C3=O)ccc2n1. The van der Waals surface area contributed by atoms with Gasteiger partial charge in [-0.25, -0.2) is 4.79 Å². The number of alkyl halides is 2. The number of hydrogen-bond acceptors (Lipinski definition) is 3. The number of rotatable bonds is 4. The number of carbonyl (C=O) groups excluding carboxylic acids is 1. The van der Waals surface area contributed by atoms with Crippen molar-refractivity contribution in [3.63, 3.8) is 0 Å². The molecule has 1 aliphatic rings. The summed E-state index contributed by atoms with van der Waals surface area (Å²) in [6, 6.07) is 17.2. The molecule has 1 aliphatic heterocycles. The van der Waals surface area contributed by atoms with Gasteiger partial charge in [-0.3, -0.25) is 14.5 Å². The topological polar surface area (TPSA) is 50.6 Å². The standard InChI is InChI=1S/C23H17BrF2N4O2/c1-28-12-15-10-18(6-9-20(15)27-28)29-13-14-2-3-16(24)11-21(14)30(23(29)31)17-4-7-19(8-5-17)32-22(25)26/h2-12,22H,13H2,1H3. The summed E-state index contributed by atoms with van der Waals surface area (Å²) in [5.74, 6) is 0.0292. The van der Waals surface area contributed by atoms with Crippen LogP contribution >= 0.6 is 15.9 Å². The van der Waals surface area contributed by atoms with E-state index >= 15 is 0 Å². The van der Waals surface area contributed by atoms with E-state index in [4.69, 9.17) is 0 Å². The molecule has 2 amide bonds. The van der Waals surface area contributed by atoms with Gasteiger partial charge in [0, 0.05) is 28.8 Å². The van der Waals surface area contributed by atoms with E-state index in [-0.39, 0.29) is 11.8 Å². The molecule has 0 bridgehead atoms. The molecule has 6 nitrogen and oxygen atoms in total. The monoisotopic (exact) mass is 498 g/mol. The molecule has 0 radical (unpaired) electrons. The second-order valence-corrected chi connectivity index (χ2v) is 8.31. The molecule has 3 aromatic carbocycles. The van der Waals surface area contributed by atoms with Gasteiger partial charge in [-0.1, -0.05) is 22.0 Å². The molecule has 1 aromatic heterocycles. The molecule has 4 aromatic rings. The zero-order valence-electron chi connectivity index (χ0n) is 16.9. The third-order valence-electron chi connectivity index (χ3n) is 5.27. The van der Waals surface area contributed by atoms with Gasteiger partial charge in [0.2, 0.25) is 0 Å². The summed E-state index contributed by atoms with van der Waals surface area (Å²) in [4.78, 5) is 16.9. The first kappa shape index (κ1) is 20.4. The Hall–Kier alpha value is -3.46. The third kappa shape index (κ3) is 3.69. The number of aryl methyl sites for hydroxylation is 1. The summed E-state index contributed by atoms with van der Waals surface area (Å²) in [6.07, 6.45) is 1.90. The van der Waals surface area contributed by atoms with Crippen molar-refractivity contribution in [1.82, 2.24) is 9.78 Å². The number of amides is 2. The molecule has 0 saturated carbocycles. The predicted octanol–water partition coefficient (Wildman–Crippen LogP) is 6.22. The van der Waals surface area contributed by atoms with E-state index in [1.165, 1.54) is 12.1 Å². The first-order valence-electron chi connectivity index (χ1n) is 9.77. The molecule has 0 unspecified atom stereocenters. The molecular weight excluding hydrogens is 482 g/mol. The van der Waals surface area contributed by atoms with Gasteiger partial charge < -0.3 is 4.74 Å². The Balaban J connectivity index is 1.58. The van der Waals surface area contributed by atoms with Crippen molar-refractivity contribution in [1.29, 1.82) is 0 Å². The zero-order chi connectivity index (χ0) is 22.4. The number of hydrogen-bond donors (Lipinski definition) is 0. The summed E-state index contributed by atoms with van der Waals surface area (Å²) in [7, 11) is 1.85. The Morgan fingerprint density at radius 3 is 2.53 bits per heavy atom. The van der Waals surface area contributed by atoms with Gasteiger partial charge in [-0.15, -0.1) is 0 Å². The number of nitrogens with zero attached hydrogens (tertiary/aromatic N) is 4. The number of halogens is 3. The van der Waals surface area contributed by atoms with Crippen molar-refractivity contribution in [3.8, 4) is 5.75 Å². The number of aromatic nitrogens is 2. The smallest absolute Gasteiger partial charge is 0.387 e. The fourth-order valence-electron chi connectivity index (χ4n) is 3.87. The normalized spacial score (nSPS) is 13.7. The third-order valence-corrected chi connectivity index (χ3v) is 5.77. The van der Waals surface area contributed by atoms with E-state index in [1.54, 1.807) is 26.6 Å². The number of carbonyl (C=O) groups is 1. The summed E-state index contributed by atoms with van der Waals surface area (Å²) < 4.78 is 32.1. The summed E-state index contributed by atoms with van der Waals surface area (Å²) >= 11 is 3.47. The summed E-state index contributed by atoms with van der Waals surface area (Å²) in [5.41, 5.74) is 3.81. The Kier molecular flexibility index (Phi) is 5.05. The van der Waals surface area contributed by atoms with Crippen molar-refractivity contribution in [2.24, 2.45) is 7.05 Å². The lowest BCUT2D eigenvalue weighted by atomic mass is 10.1. The average molecular weight is 499 g/mol. The van der Waals surface area contributed by atoms with E-state index in [2.05, 4.69) is 25.8 Å². The molecule has 0 atom stereocenters. The molecule has 9 heteroatoms. The van der Waals surface area contributed by atoms with E-state index in [9.17, 15) is 13.6 Å². The number of urea groups is 1. The Labute approximate surface area is 190 Å². The van der Waals surface area contributed by atoms with Crippen LogP contribution in [0.4, 0.5) is 30.6 Å². The lowest BCUT2D eigenvalue weighted by molar-refractivity contribution is -0.0498. The molecule has 2 heterocycles. The molecule has 0 spiro atoms. The van der Waals surface area contributed by atoms with Crippen molar-refractivity contribution >= 4 is 49.9 Å². The van der Waals surface area contributed by atoms with Crippen molar-refractivity contribution < 1.29 is 18.3 Å². The van der Waals surface area contributed by atoms with Crippen LogP contribution in [-0.4, -0.2) is 22.4 Å². The van der Waals surface area contributed by atoms with Crippen molar-refractivity contribution in [3.05, 3.63) is 76.9 Å². The van der Waals surface area contributed by atoms with Gasteiger partial charge in [0.15, 0.2) is 0 Å². The van der Waals surface area contributed by atoms with Crippen LogP contribution in [0.1, 0.15) is 5.56 Å². The molecule has 5 rings (SSSR count). The van der Waals surface area contributed by atoms with Crippen LogP contribution in [0.5, 0.6) is 5.75 Å². The largest absolute Gasteiger partial charge is 0.435 e. The summed E-state index contributed by atoms with van der Waals surface area (Å²) in [5, 5.41) is 5.32. The van der Waals surface area contributed by atoms with E-state index in [1.807, 2.05) is 49.6 Å². The minimum atomic E-state index is -2.91. The molecule has 32 heavy (non-hydrogen) atoms. The average Bonchev–Trinajstić information content (AvgIpc) is 3.13. The van der Waals surface area contributed by atoms with Gasteiger partial charge in [0.25, 0.3) is 0 Å². The van der Waals surface area contributed by atoms with Gasteiger partial charge in [0.1, 0.15) is 5.75 Å². The first-order valence-corrected chi connectivity index (χ1v) is 10.6. The van der Waals surface area contributed by atoms with Crippen LogP contribution in [0.3, 0.4) is 0 Å². The Morgan fingerprint density at radius 2 is 1.78 bits per heavy atom. The molecule has 0 aliphatic carbocycles. The molecule has 0 saturated heterocycles. The zero-order valence-corrected chi connectivity index (χ0v) is 18.5. The molecule has 162 valence electrons. The second kappa shape index (κ2) is 7.90. The maximum atomic E-state index is 13.7. The van der Waals surface area contributed by atoms with Crippen molar-refractivity contribution in [2.45, 2.75) is 13.2 Å². The van der Waals surface area contributed by atoms with Crippen LogP contribution in [-0.2, 0) is 13.6 Å². The molecule has 0 fully saturated rings. The highest BCUT2D eigenvalue weighted by Gasteiger charge is 2.33. The number of benzene rings is 3. The van der Waals surface area contributed by atoms with Crippen LogP contribution in [0, 0.1) is 0 Å². The maximum absolute atomic E-state index is 13.7. The van der Waals surface area contributed by atoms with Gasteiger partial charge in [0.05, 0.1) is 23.4 Å². The van der Waals surface area contributed by atoms with Gasteiger partial charge in [-0.2, -0.15) is 13.9 Å². The van der Waals surface area contributed by atoms with E-state index < -0.39 is 6.61 Å². The highest BCUT2D eigenvalue weighted by molar-refractivity contribution is 9.10. The fourth-order valence-corrected chi connectivity index (χ4v) is 4.22.